The van der Waals surface area contributed by atoms with Gasteiger partial charge in [0.05, 0.1) is 12.7 Å². The summed E-state index contributed by atoms with van der Waals surface area (Å²) in [7, 11) is -3.19. The lowest BCUT2D eigenvalue weighted by Gasteiger charge is -2.19. The summed E-state index contributed by atoms with van der Waals surface area (Å²) in [5.41, 5.74) is 0.920. The molecule has 1 aliphatic carbocycles. The SMILES string of the molecule is CS(=O)(=O)N(CCNC(=O)Cc1cccc(Br)c1)C1CC1. The average Bonchev–Trinajstić information content (AvgIpc) is 3.17. The maximum absolute atomic E-state index is 11.8. The van der Waals surface area contributed by atoms with Crippen molar-refractivity contribution in [3.63, 3.8) is 0 Å². The van der Waals surface area contributed by atoms with Gasteiger partial charge in [0.15, 0.2) is 0 Å². The molecule has 0 bridgehead atoms. The molecule has 21 heavy (non-hydrogen) atoms. The number of amides is 1. The Balaban J connectivity index is 1.79. The molecular weight excluding hydrogens is 356 g/mol. The second-order valence-corrected chi connectivity index (χ2v) is 8.11. The van der Waals surface area contributed by atoms with E-state index in [2.05, 4.69) is 21.2 Å². The van der Waals surface area contributed by atoms with E-state index in [1.807, 2.05) is 24.3 Å². The standard InChI is InChI=1S/C14H19BrN2O3S/c1-21(19,20)17(13-5-6-13)8-7-16-14(18)10-11-3-2-4-12(15)9-11/h2-4,9,13H,5-8,10H2,1H3,(H,16,18). The fourth-order valence-electron chi connectivity index (χ4n) is 2.18. The molecule has 0 heterocycles. The van der Waals surface area contributed by atoms with Gasteiger partial charge >= 0.3 is 0 Å². The molecular formula is C14H19BrN2O3S. The van der Waals surface area contributed by atoms with Gasteiger partial charge in [-0.25, -0.2) is 8.42 Å². The van der Waals surface area contributed by atoms with Crippen LogP contribution < -0.4 is 5.32 Å². The van der Waals surface area contributed by atoms with Crippen molar-refractivity contribution in [2.75, 3.05) is 19.3 Å². The van der Waals surface area contributed by atoms with E-state index < -0.39 is 10.0 Å². The summed E-state index contributed by atoms with van der Waals surface area (Å²) in [6.45, 7) is 0.685. The Morgan fingerprint density at radius 2 is 2.14 bits per heavy atom. The predicted molar refractivity (Wildman–Crippen MR) is 85.4 cm³/mol. The molecule has 116 valence electrons. The van der Waals surface area contributed by atoms with E-state index in [0.717, 1.165) is 22.9 Å². The first kappa shape index (κ1) is 16.5. The molecule has 1 saturated carbocycles. The maximum atomic E-state index is 11.8. The number of halogens is 1. The Morgan fingerprint density at radius 3 is 2.71 bits per heavy atom. The van der Waals surface area contributed by atoms with Crippen LogP contribution >= 0.6 is 15.9 Å². The molecule has 0 radical (unpaired) electrons. The Bertz CT molecular complexity index is 614. The number of hydrogen-bond donors (Lipinski definition) is 1. The van der Waals surface area contributed by atoms with E-state index in [0.29, 0.717) is 19.5 Å². The molecule has 2 rings (SSSR count). The summed E-state index contributed by atoms with van der Waals surface area (Å²) in [5.74, 6) is -0.0997. The second kappa shape index (κ2) is 6.89. The van der Waals surface area contributed by atoms with Crippen LogP contribution in [-0.4, -0.2) is 44.0 Å². The van der Waals surface area contributed by atoms with Gasteiger partial charge in [-0.05, 0) is 30.5 Å². The van der Waals surface area contributed by atoms with E-state index in [9.17, 15) is 13.2 Å². The number of carbonyl (C=O) groups is 1. The molecule has 1 N–H and O–H groups in total. The van der Waals surface area contributed by atoms with Gasteiger partial charge in [0.25, 0.3) is 0 Å². The maximum Gasteiger partial charge on any atom is 0.224 e. The Morgan fingerprint density at radius 1 is 1.43 bits per heavy atom. The normalized spacial score (nSPS) is 15.2. The number of carbonyl (C=O) groups excluding carboxylic acids is 1. The van der Waals surface area contributed by atoms with Crippen LogP contribution in [0.15, 0.2) is 28.7 Å². The highest BCUT2D eigenvalue weighted by atomic mass is 79.9. The minimum Gasteiger partial charge on any atom is -0.354 e. The van der Waals surface area contributed by atoms with Gasteiger partial charge in [-0.2, -0.15) is 4.31 Å². The highest BCUT2D eigenvalue weighted by molar-refractivity contribution is 9.10. The topological polar surface area (TPSA) is 66.5 Å². The zero-order valence-electron chi connectivity index (χ0n) is 11.9. The van der Waals surface area contributed by atoms with Crippen LogP contribution in [0.4, 0.5) is 0 Å². The van der Waals surface area contributed by atoms with Gasteiger partial charge < -0.3 is 5.32 Å². The first-order chi connectivity index (χ1) is 9.86. The van der Waals surface area contributed by atoms with Crippen molar-refractivity contribution in [1.29, 1.82) is 0 Å². The Labute approximate surface area is 133 Å². The Hall–Kier alpha value is -0.920. The van der Waals surface area contributed by atoms with Crippen LogP contribution in [0.5, 0.6) is 0 Å². The minimum absolute atomic E-state index is 0.0997. The molecule has 1 aromatic rings. The number of nitrogens with zero attached hydrogens (tertiary/aromatic N) is 1. The van der Waals surface area contributed by atoms with E-state index in [-0.39, 0.29) is 11.9 Å². The number of hydrogen-bond acceptors (Lipinski definition) is 3. The van der Waals surface area contributed by atoms with Gasteiger partial charge in [0.1, 0.15) is 0 Å². The van der Waals surface area contributed by atoms with Gasteiger partial charge in [-0.15, -0.1) is 0 Å². The molecule has 0 unspecified atom stereocenters. The highest BCUT2D eigenvalue weighted by Gasteiger charge is 2.34. The summed E-state index contributed by atoms with van der Waals surface area (Å²) in [4.78, 5) is 11.8. The van der Waals surface area contributed by atoms with E-state index in [1.54, 1.807) is 0 Å². The summed E-state index contributed by atoms with van der Waals surface area (Å²) >= 11 is 3.36. The quantitative estimate of drug-likeness (QED) is 0.786. The van der Waals surface area contributed by atoms with Gasteiger partial charge in [-0.1, -0.05) is 28.1 Å². The monoisotopic (exact) mass is 374 g/mol. The summed E-state index contributed by atoms with van der Waals surface area (Å²) < 4.78 is 25.7. The molecule has 5 nitrogen and oxygen atoms in total. The summed E-state index contributed by atoms with van der Waals surface area (Å²) in [5, 5.41) is 2.78. The van der Waals surface area contributed by atoms with Crippen LogP contribution in [0.2, 0.25) is 0 Å². The molecule has 1 amide bonds. The fraction of sp³-hybridized carbons (Fsp3) is 0.500. The van der Waals surface area contributed by atoms with Crippen LogP contribution in [-0.2, 0) is 21.2 Å². The molecule has 0 aliphatic heterocycles. The van der Waals surface area contributed by atoms with Crippen molar-refractivity contribution in [1.82, 2.24) is 9.62 Å². The zero-order chi connectivity index (χ0) is 15.5. The third-order valence-electron chi connectivity index (χ3n) is 3.29. The number of nitrogens with one attached hydrogen (secondary N) is 1. The molecule has 1 aromatic carbocycles. The molecule has 7 heteroatoms. The number of rotatable bonds is 7. The lowest BCUT2D eigenvalue weighted by atomic mass is 10.1. The number of benzene rings is 1. The summed E-state index contributed by atoms with van der Waals surface area (Å²) in [6.07, 6.45) is 3.34. The second-order valence-electron chi connectivity index (χ2n) is 5.26. The smallest absolute Gasteiger partial charge is 0.224 e. The van der Waals surface area contributed by atoms with Crippen molar-refractivity contribution in [3.05, 3.63) is 34.3 Å². The van der Waals surface area contributed by atoms with Crippen molar-refractivity contribution in [2.45, 2.75) is 25.3 Å². The van der Waals surface area contributed by atoms with Gasteiger partial charge in [-0.3, -0.25) is 4.79 Å². The number of sulfonamides is 1. The molecule has 0 aromatic heterocycles. The minimum atomic E-state index is -3.19. The predicted octanol–water partition coefficient (Wildman–Crippen LogP) is 1.53. The zero-order valence-corrected chi connectivity index (χ0v) is 14.3. The van der Waals surface area contributed by atoms with E-state index in [1.165, 1.54) is 10.6 Å². The van der Waals surface area contributed by atoms with Crippen molar-refractivity contribution < 1.29 is 13.2 Å². The fourth-order valence-corrected chi connectivity index (χ4v) is 3.80. The molecule has 1 aliphatic rings. The lowest BCUT2D eigenvalue weighted by Crippen LogP contribution is -2.39. The first-order valence-electron chi connectivity index (χ1n) is 6.84. The van der Waals surface area contributed by atoms with Crippen molar-refractivity contribution in [3.8, 4) is 0 Å². The van der Waals surface area contributed by atoms with Crippen molar-refractivity contribution >= 4 is 31.9 Å². The lowest BCUT2D eigenvalue weighted by molar-refractivity contribution is -0.120. The largest absolute Gasteiger partial charge is 0.354 e. The van der Waals surface area contributed by atoms with Crippen LogP contribution in [0, 0.1) is 0 Å². The third kappa shape index (κ3) is 5.41. The van der Waals surface area contributed by atoms with Crippen molar-refractivity contribution in [2.24, 2.45) is 0 Å². The van der Waals surface area contributed by atoms with Crippen LogP contribution in [0.25, 0.3) is 0 Å². The van der Waals surface area contributed by atoms with E-state index in [4.69, 9.17) is 0 Å². The average molecular weight is 375 g/mol. The van der Waals surface area contributed by atoms with Gasteiger partial charge in [0.2, 0.25) is 15.9 Å². The molecule has 0 saturated heterocycles. The molecule has 0 spiro atoms. The van der Waals surface area contributed by atoms with E-state index >= 15 is 0 Å². The van der Waals surface area contributed by atoms with Gasteiger partial charge in [0, 0.05) is 23.6 Å². The molecule has 0 atom stereocenters. The Kier molecular flexibility index (Phi) is 5.40. The molecule has 1 fully saturated rings. The third-order valence-corrected chi connectivity index (χ3v) is 5.11. The highest BCUT2D eigenvalue weighted by Crippen LogP contribution is 2.28. The van der Waals surface area contributed by atoms with Crippen LogP contribution in [0.1, 0.15) is 18.4 Å². The summed E-state index contributed by atoms with van der Waals surface area (Å²) in [6, 6.07) is 7.69. The van der Waals surface area contributed by atoms with Crippen LogP contribution in [0.3, 0.4) is 0 Å². The first-order valence-corrected chi connectivity index (χ1v) is 9.48.